The van der Waals surface area contributed by atoms with Gasteiger partial charge in [0.25, 0.3) is 0 Å². The second kappa shape index (κ2) is 6.04. The molecule has 1 aromatic carbocycles. The van der Waals surface area contributed by atoms with Crippen molar-refractivity contribution in [3.05, 3.63) is 12.1 Å². The van der Waals surface area contributed by atoms with Crippen LogP contribution in [0, 0.1) is 5.41 Å². The fourth-order valence-corrected chi connectivity index (χ4v) is 3.36. The van der Waals surface area contributed by atoms with Crippen molar-refractivity contribution in [1.29, 1.82) is 0 Å². The van der Waals surface area contributed by atoms with Crippen molar-refractivity contribution in [1.82, 2.24) is 0 Å². The van der Waals surface area contributed by atoms with Gasteiger partial charge in [0.15, 0.2) is 11.5 Å². The topological polar surface area (TPSA) is 99.6 Å². The molecule has 1 fully saturated rings. The number of fused-ring (bicyclic) bond motifs is 1. The average Bonchev–Trinajstić information content (AvgIpc) is 2.95. The van der Waals surface area contributed by atoms with E-state index in [0.717, 1.165) is 25.7 Å². The van der Waals surface area contributed by atoms with Gasteiger partial charge >= 0.3 is 0 Å². The molecule has 0 aromatic heterocycles. The molecule has 1 aliphatic heterocycles. The van der Waals surface area contributed by atoms with Crippen molar-refractivity contribution in [2.24, 2.45) is 11.1 Å². The Labute approximate surface area is 130 Å². The smallest absolute Gasteiger partial charge is 0.231 e. The zero-order chi connectivity index (χ0) is 15.6. The molecule has 1 aliphatic carbocycles. The Balaban J connectivity index is 1.69. The van der Waals surface area contributed by atoms with Crippen LogP contribution in [0.1, 0.15) is 38.5 Å². The van der Waals surface area contributed by atoms with Crippen molar-refractivity contribution in [2.45, 2.75) is 38.5 Å². The normalized spacial score (nSPS) is 19.0. The van der Waals surface area contributed by atoms with Crippen LogP contribution in [0.4, 0.5) is 11.4 Å². The molecule has 1 aromatic rings. The number of carbonyl (C=O) groups excluding carboxylic acids is 1. The van der Waals surface area contributed by atoms with E-state index in [1.807, 2.05) is 0 Å². The minimum atomic E-state index is -0.0621. The van der Waals surface area contributed by atoms with Crippen LogP contribution in [0.25, 0.3) is 0 Å². The average molecular weight is 305 g/mol. The van der Waals surface area contributed by atoms with Crippen molar-refractivity contribution in [2.75, 3.05) is 24.4 Å². The Kier molecular flexibility index (Phi) is 4.11. The van der Waals surface area contributed by atoms with Crippen LogP contribution in [0.3, 0.4) is 0 Å². The number of amides is 1. The lowest BCUT2D eigenvalue weighted by Crippen LogP contribution is -2.36. The maximum absolute atomic E-state index is 12.4. The van der Waals surface area contributed by atoms with E-state index < -0.39 is 0 Å². The quantitative estimate of drug-likeness (QED) is 0.741. The number of anilines is 2. The molecule has 0 atom stereocenters. The molecule has 0 unspecified atom stereocenters. The number of nitrogens with one attached hydrogen (secondary N) is 1. The summed E-state index contributed by atoms with van der Waals surface area (Å²) in [4.78, 5) is 12.4. The summed E-state index contributed by atoms with van der Waals surface area (Å²) in [6, 6.07) is 3.39. The number of rotatable bonds is 4. The molecule has 0 radical (unpaired) electrons. The molecule has 2 aliphatic rings. The molecular formula is C16H23N3O3. The Morgan fingerprint density at radius 2 is 1.86 bits per heavy atom. The Morgan fingerprint density at radius 1 is 1.18 bits per heavy atom. The summed E-state index contributed by atoms with van der Waals surface area (Å²) < 4.78 is 10.6. The summed E-state index contributed by atoms with van der Waals surface area (Å²) >= 11 is 0. The number of carbonyl (C=O) groups is 1. The summed E-state index contributed by atoms with van der Waals surface area (Å²) in [5.41, 5.74) is 12.9. The number of nitrogen functional groups attached to an aromatic ring is 1. The fourth-order valence-electron chi connectivity index (χ4n) is 3.36. The maximum Gasteiger partial charge on any atom is 0.231 e. The summed E-state index contributed by atoms with van der Waals surface area (Å²) in [6.07, 6.45) is 6.02. The third-order valence-corrected chi connectivity index (χ3v) is 4.70. The molecule has 5 N–H and O–H groups in total. The van der Waals surface area contributed by atoms with Crippen LogP contribution in [-0.2, 0) is 4.79 Å². The van der Waals surface area contributed by atoms with Gasteiger partial charge in [-0.2, -0.15) is 0 Å². The first-order valence-electron chi connectivity index (χ1n) is 7.81. The number of nitrogens with two attached hydrogens (primary N) is 2. The van der Waals surface area contributed by atoms with Crippen LogP contribution < -0.4 is 26.3 Å². The number of hydrogen-bond donors (Lipinski definition) is 3. The van der Waals surface area contributed by atoms with Crippen molar-refractivity contribution in [3.63, 3.8) is 0 Å². The predicted molar refractivity (Wildman–Crippen MR) is 84.8 cm³/mol. The first-order valence-corrected chi connectivity index (χ1v) is 7.81. The Morgan fingerprint density at radius 3 is 2.55 bits per heavy atom. The molecule has 6 nitrogen and oxygen atoms in total. The minimum Gasteiger partial charge on any atom is -0.454 e. The summed E-state index contributed by atoms with van der Waals surface area (Å²) in [5.74, 6) is 1.18. The molecule has 0 saturated heterocycles. The Hall–Kier alpha value is -1.95. The fraction of sp³-hybridized carbons (Fsp3) is 0.562. The zero-order valence-corrected chi connectivity index (χ0v) is 12.7. The lowest BCUT2D eigenvalue weighted by Gasteiger charge is -2.35. The molecule has 3 rings (SSSR count). The van der Waals surface area contributed by atoms with E-state index in [-0.39, 0.29) is 18.1 Å². The highest BCUT2D eigenvalue weighted by Crippen LogP contribution is 2.40. The van der Waals surface area contributed by atoms with Gasteiger partial charge in [0.05, 0.1) is 11.4 Å². The van der Waals surface area contributed by atoms with E-state index in [4.69, 9.17) is 20.9 Å². The third kappa shape index (κ3) is 2.97. The SMILES string of the molecule is NCC1(CC(=O)Nc2cc3c(cc2N)OCO3)CCCCC1. The highest BCUT2D eigenvalue weighted by atomic mass is 16.7. The van der Waals surface area contributed by atoms with Crippen molar-refractivity contribution in [3.8, 4) is 11.5 Å². The van der Waals surface area contributed by atoms with E-state index >= 15 is 0 Å². The van der Waals surface area contributed by atoms with Crippen molar-refractivity contribution >= 4 is 17.3 Å². The van der Waals surface area contributed by atoms with Gasteiger partial charge in [0.1, 0.15) is 0 Å². The van der Waals surface area contributed by atoms with Gasteiger partial charge in [-0.1, -0.05) is 19.3 Å². The van der Waals surface area contributed by atoms with Gasteiger partial charge < -0.3 is 26.3 Å². The summed E-state index contributed by atoms with van der Waals surface area (Å²) in [5, 5.41) is 2.89. The van der Waals surface area contributed by atoms with E-state index in [1.165, 1.54) is 6.42 Å². The summed E-state index contributed by atoms with van der Waals surface area (Å²) in [6.45, 7) is 0.736. The second-order valence-electron chi connectivity index (χ2n) is 6.28. The highest BCUT2D eigenvalue weighted by Gasteiger charge is 2.33. The van der Waals surface area contributed by atoms with Crippen LogP contribution in [0.2, 0.25) is 0 Å². The lowest BCUT2D eigenvalue weighted by atomic mass is 9.71. The first kappa shape index (κ1) is 15.0. The van der Waals surface area contributed by atoms with Crippen molar-refractivity contribution < 1.29 is 14.3 Å². The minimum absolute atomic E-state index is 0.0436. The van der Waals surface area contributed by atoms with E-state index in [9.17, 15) is 4.79 Å². The van der Waals surface area contributed by atoms with Gasteiger partial charge in [-0.15, -0.1) is 0 Å². The molecule has 1 heterocycles. The van der Waals surface area contributed by atoms with Crippen LogP contribution >= 0.6 is 0 Å². The summed E-state index contributed by atoms with van der Waals surface area (Å²) in [7, 11) is 0. The molecule has 120 valence electrons. The molecular weight excluding hydrogens is 282 g/mol. The van der Waals surface area contributed by atoms with Gasteiger partial charge in [-0.3, -0.25) is 4.79 Å². The van der Waals surface area contributed by atoms with Crippen LogP contribution in [0.5, 0.6) is 11.5 Å². The van der Waals surface area contributed by atoms with E-state index in [0.29, 0.717) is 35.8 Å². The number of ether oxygens (including phenoxy) is 2. The molecule has 1 saturated carbocycles. The standard InChI is InChI=1S/C16H23N3O3/c17-9-16(4-2-1-3-5-16)8-15(20)19-12-7-14-13(6-11(12)18)21-10-22-14/h6-7H,1-5,8-10,17-18H2,(H,19,20). The van der Waals surface area contributed by atoms with E-state index in [2.05, 4.69) is 5.32 Å². The zero-order valence-electron chi connectivity index (χ0n) is 12.7. The number of benzene rings is 1. The highest BCUT2D eigenvalue weighted by molar-refractivity contribution is 5.95. The van der Waals surface area contributed by atoms with E-state index in [1.54, 1.807) is 12.1 Å². The molecule has 1 amide bonds. The largest absolute Gasteiger partial charge is 0.454 e. The molecule has 22 heavy (non-hydrogen) atoms. The second-order valence-corrected chi connectivity index (χ2v) is 6.28. The number of hydrogen-bond acceptors (Lipinski definition) is 5. The monoisotopic (exact) mass is 305 g/mol. The van der Waals surface area contributed by atoms with Crippen LogP contribution in [0.15, 0.2) is 12.1 Å². The lowest BCUT2D eigenvalue weighted by molar-refractivity contribution is -0.118. The van der Waals surface area contributed by atoms with Gasteiger partial charge in [0, 0.05) is 18.6 Å². The first-order chi connectivity index (χ1) is 10.6. The maximum atomic E-state index is 12.4. The molecule has 6 heteroatoms. The predicted octanol–water partition coefficient (Wildman–Crippen LogP) is 2.24. The molecule has 0 spiro atoms. The third-order valence-electron chi connectivity index (χ3n) is 4.70. The van der Waals surface area contributed by atoms with Crippen LogP contribution in [-0.4, -0.2) is 19.2 Å². The van der Waals surface area contributed by atoms with Gasteiger partial charge in [0.2, 0.25) is 12.7 Å². The van der Waals surface area contributed by atoms with Gasteiger partial charge in [-0.05, 0) is 24.8 Å². The Bertz CT molecular complexity index is 568. The molecule has 0 bridgehead atoms. The van der Waals surface area contributed by atoms with Gasteiger partial charge in [-0.25, -0.2) is 0 Å².